The molecule has 4 N–H and O–H groups in total. The minimum absolute atomic E-state index is 0.0446. The van der Waals surface area contributed by atoms with Crippen LogP contribution in [0, 0.1) is 5.82 Å². The lowest BCUT2D eigenvalue weighted by Gasteiger charge is -2.24. The van der Waals surface area contributed by atoms with Gasteiger partial charge in [0.25, 0.3) is 0 Å². The number of hydrogen-bond donors (Lipinski definition) is 4. The molecule has 0 saturated carbocycles. The Labute approximate surface area is 140 Å². The van der Waals surface area contributed by atoms with E-state index in [2.05, 4.69) is 10.6 Å². The second-order valence-corrected chi connectivity index (χ2v) is 5.70. The first-order valence-electron chi connectivity index (χ1n) is 7.86. The highest BCUT2D eigenvalue weighted by Crippen LogP contribution is 2.17. The largest absolute Gasteiger partial charge is 0.472 e. The summed E-state index contributed by atoms with van der Waals surface area (Å²) >= 11 is 0. The summed E-state index contributed by atoms with van der Waals surface area (Å²) in [7, 11) is -1.62. The Hall–Kier alpha value is -1.97. The Bertz CT molecular complexity index is 588. The molecule has 1 fully saturated rings. The molecule has 2 amide bonds. The van der Waals surface area contributed by atoms with E-state index >= 15 is 0 Å². The summed E-state index contributed by atoms with van der Waals surface area (Å²) in [6, 6.07) is 5.51. The van der Waals surface area contributed by atoms with Crippen molar-refractivity contribution in [2.24, 2.45) is 0 Å². The molecule has 24 heavy (non-hydrogen) atoms. The Morgan fingerprint density at radius 3 is 2.88 bits per heavy atom. The van der Waals surface area contributed by atoms with Crippen molar-refractivity contribution in [3.05, 3.63) is 35.6 Å². The van der Waals surface area contributed by atoms with E-state index in [1.54, 1.807) is 12.1 Å². The molecule has 2 rings (SSSR count). The molecule has 1 aliphatic rings. The maximum absolute atomic E-state index is 13.1. The number of benzene rings is 1. The van der Waals surface area contributed by atoms with Crippen molar-refractivity contribution in [1.29, 1.82) is 0 Å². The molecular weight excluding hydrogens is 316 g/mol. The van der Waals surface area contributed by atoms with E-state index < -0.39 is 13.2 Å². The highest BCUT2D eigenvalue weighted by molar-refractivity contribution is 6.41. The number of rotatable bonds is 7. The number of amides is 2. The highest BCUT2D eigenvalue weighted by Gasteiger charge is 2.33. The molecule has 0 aromatic heterocycles. The third-order valence-corrected chi connectivity index (χ3v) is 3.83. The van der Waals surface area contributed by atoms with Crippen LogP contribution >= 0.6 is 0 Å². The first-order chi connectivity index (χ1) is 11.5. The van der Waals surface area contributed by atoms with Gasteiger partial charge in [0.15, 0.2) is 0 Å². The van der Waals surface area contributed by atoms with Crippen LogP contribution in [0.15, 0.2) is 24.3 Å². The fraction of sp³-hybridized carbons (Fsp3) is 0.467. The van der Waals surface area contributed by atoms with Crippen LogP contribution in [0.25, 0.3) is 0 Å². The van der Waals surface area contributed by atoms with Gasteiger partial charge >= 0.3 is 7.12 Å². The van der Waals surface area contributed by atoms with Crippen molar-refractivity contribution >= 4 is 18.9 Å². The molecule has 7 nitrogen and oxygen atoms in total. The van der Waals surface area contributed by atoms with E-state index in [9.17, 15) is 14.0 Å². The average Bonchev–Trinajstić information content (AvgIpc) is 3.02. The van der Waals surface area contributed by atoms with Crippen LogP contribution in [0.4, 0.5) is 4.39 Å². The fourth-order valence-electron chi connectivity index (χ4n) is 2.71. The number of carbonyl (C=O) groups excluding carboxylic acids is 2. The van der Waals surface area contributed by atoms with Gasteiger partial charge < -0.3 is 25.6 Å². The lowest BCUT2D eigenvalue weighted by atomic mass is 9.92. The Morgan fingerprint density at radius 2 is 2.17 bits per heavy atom. The molecule has 0 aliphatic carbocycles. The monoisotopic (exact) mass is 337 g/mol. The van der Waals surface area contributed by atoms with Gasteiger partial charge in [-0.15, -0.1) is 0 Å². The van der Waals surface area contributed by atoms with Crippen LogP contribution in [-0.2, 0) is 16.1 Å². The van der Waals surface area contributed by atoms with Gasteiger partial charge in [0, 0.05) is 13.1 Å². The minimum Gasteiger partial charge on any atom is -0.426 e. The average molecular weight is 337 g/mol. The van der Waals surface area contributed by atoms with Crippen LogP contribution in [0.1, 0.15) is 18.4 Å². The molecule has 1 aliphatic heterocycles. The van der Waals surface area contributed by atoms with E-state index in [0.29, 0.717) is 19.5 Å². The van der Waals surface area contributed by atoms with Gasteiger partial charge in [-0.1, -0.05) is 12.1 Å². The quantitative estimate of drug-likeness (QED) is 0.480. The van der Waals surface area contributed by atoms with Gasteiger partial charge in [0.05, 0.1) is 13.0 Å². The zero-order valence-electron chi connectivity index (χ0n) is 13.2. The normalized spacial score (nSPS) is 17.0. The molecule has 130 valence electrons. The third kappa shape index (κ3) is 5.29. The SMILES string of the molecule is O=C(NCB(O)O)C1CCCN1C(=O)CNCc1cccc(F)c1. The summed E-state index contributed by atoms with van der Waals surface area (Å²) in [6.07, 6.45) is 0.994. The second-order valence-electron chi connectivity index (χ2n) is 5.70. The van der Waals surface area contributed by atoms with Crippen molar-refractivity contribution in [2.75, 3.05) is 19.5 Å². The minimum atomic E-state index is -1.62. The van der Waals surface area contributed by atoms with Crippen LogP contribution in [0.3, 0.4) is 0 Å². The van der Waals surface area contributed by atoms with Crippen LogP contribution in [0.5, 0.6) is 0 Å². The van der Waals surface area contributed by atoms with Gasteiger partial charge in [-0.25, -0.2) is 4.39 Å². The Morgan fingerprint density at radius 1 is 1.38 bits per heavy atom. The summed E-state index contributed by atoms with van der Waals surface area (Å²) in [4.78, 5) is 25.8. The molecule has 1 unspecified atom stereocenters. The maximum atomic E-state index is 13.1. The first-order valence-corrected chi connectivity index (χ1v) is 7.86. The topological polar surface area (TPSA) is 102 Å². The predicted molar refractivity (Wildman–Crippen MR) is 86.0 cm³/mol. The van der Waals surface area contributed by atoms with Crippen LogP contribution in [-0.4, -0.2) is 59.5 Å². The first kappa shape index (κ1) is 18.4. The second kappa shape index (κ2) is 8.77. The van der Waals surface area contributed by atoms with E-state index in [-0.39, 0.29) is 30.6 Å². The fourth-order valence-corrected chi connectivity index (χ4v) is 2.71. The summed E-state index contributed by atoms with van der Waals surface area (Å²) in [5.74, 6) is -0.935. The van der Waals surface area contributed by atoms with Crippen molar-refractivity contribution in [1.82, 2.24) is 15.5 Å². The third-order valence-electron chi connectivity index (χ3n) is 3.83. The van der Waals surface area contributed by atoms with Crippen molar-refractivity contribution < 1.29 is 24.0 Å². The molecule has 1 saturated heterocycles. The van der Waals surface area contributed by atoms with Crippen LogP contribution in [0.2, 0.25) is 0 Å². The van der Waals surface area contributed by atoms with E-state index in [1.807, 2.05) is 0 Å². The molecule has 1 aromatic carbocycles. The molecule has 0 radical (unpaired) electrons. The Kier molecular flexibility index (Phi) is 6.71. The standard InChI is InChI=1S/C15H21BFN3O4/c17-12-4-1-3-11(7-12)8-18-9-14(21)20-6-2-5-13(20)15(22)19-10-16(23)24/h1,3-4,7,13,18,23-24H,2,5-6,8-10H2,(H,19,22). The van der Waals surface area contributed by atoms with Gasteiger partial charge in [-0.05, 0) is 30.5 Å². The van der Waals surface area contributed by atoms with Gasteiger partial charge in [0.2, 0.25) is 11.8 Å². The van der Waals surface area contributed by atoms with Gasteiger partial charge in [-0.3, -0.25) is 9.59 Å². The van der Waals surface area contributed by atoms with Gasteiger partial charge in [0.1, 0.15) is 11.9 Å². The molecule has 1 heterocycles. The Balaban J connectivity index is 1.81. The zero-order valence-corrected chi connectivity index (χ0v) is 13.2. The summed E-state index contributed by atoms with van der Waals surface area (Å²) in [5, 5.41) is 22.9. The number of carbonyl (C=O) groups is 2. The van der Waals surface area contributed by atoms with Crippen LogP contribution < -0.4 is 10.6 Å². The molecule has 1 atom stereocenters. The molecular formula is C15H21BFN3O4. The lowest BCUT2D eigenvalue weighted by molar-refractivity contribution is -0.137. The number of likely N-dealkylation sites (tertiary alicyclic amines) is 1. The number of nitrogens with zero attached hydrogens (tertiary/aromatic N) is 1. The molecule has 9 heteroatoms. The molecule has 0 bridgehead atoms. The summed E-state index contributed by atoms with van der Waals surface area (Å²) in [5.41, 5.74) is 0.732. The van der Waals surface area contributed by atoms with Crippen molar-refractivity contribution in [3.8, 4) is 0 Å². The van der Waals surface area contributed by atoms with Crippen molar-refractivity contribution in [3.63, 3.8) is 0 Å². The zero-order chi connectivity index (χ0) is 17.5. The maximum Gasteiger partial charge on any atom is 0.472 e. The number of hydrogen-bond acceptors (Lipinski definition) is 5. The van der Waals surface area contributed by atoms with E-state index in [0.717, 1.165) is 12.0 Å². The molecule has 0 spiro atoms. The van der Waals surface area contributed by atoms with Crippen molar-refractivity contribution in [2.45, 2.75) is 25.4 Å². The summed E-state index contributed by atoms with van der Waals surface area (Å²) < 4.78 is 13.1. The smallest absolute Gasteiger partial charge is 0.426 e. The van der Waals surface area contributed by atoms with Gasteiger partial charge in [-0.2, -0.15) is 0 Å². The lowest BCUT2D eigenvalue weighted by Crippen LogP contribution is -2.50. The number of halogens is 1. The number of nitrogens with one attached hydrogen (secondary N) is 2. The highest BCUT2D eigenvalue weighted by atomic mass is 19.1. The van der Waals surface area contributed by atoms with E-state index in [4.69, 9.17) is 10.0 Å². The molecule has 1 aromatic rings. The van der Waals surface area contributed by atoms with E-state index in [1.165, 1.54) is 17.0 Å². The summed E-state index contributed by atoms with van der Waals surface area (Å²) in [6.45, 7) is 0.883. The predicted octanol–water partition coefficient (Wildman–Crippen LogP) is -0.965.